The van der Waals surface area contributed by atoms with Crippen molar-refractivity contribution < 1.29 is 4.79 Å². The van der Waals surface area contributed by atoms with Crippen molar-refractivity contribution in [2.24, 2.45) is 11.7 Å². The van der Waals surface area contributed by atoms with Crippen LogP contribution < -0.4 is 11.1 Å². The molecule has 0 bridgehead atoms. The summed E-state index contributed by atoms with van der Waals surface area (Å²) in [5.41, 5.74) is 7.16. The fourth-order valence-corrected chi connectivity index (χ4v) is 3.15. The normalized spacial score (nSPS) is 16.4. The zero-order chi connectivity index (χ0) is 14.5. The third kappa shape index (κ3) is 4.03. The van der Waals surface area contributed by atoms with E-state index in [1.807, 2.05) is 18.2 Å². The van der Waals surface area contributed by atoms with Crippen molar-refractivity contribution in [3.05, 3.63) is 28.2 Å². The first-order valence-corrected chi connectivity index (χ1v) is 8.18. The highest BCUT2D eigenvalue weighted by atomic mass is 79.9. The van der Waals surface area contributed by atoms with Gasteiger partial charge >= 0.3 is 0 Å². The first kappa shape index (κ1) is 15.4. The third-order valence-corrected chi connectivity index (χ3v) is 4.63. The molecule has 0 spiro atoms. The van der Waals surface area contributed by atoms with Crippen LogP contribution in [0.4, 0.5) is 5.69 Å². The molecule has 108 valence electrons. The highest BCUT2D eigenvalue weighted by molar-refractivity contribution is 9.10. The topological polar surface area (TPSA) is 55.1 Å². The van der Waals surface area contributed by atoms with E-state index < -0.39 is 0 Å². The molecule has 2 rings (SSSR count). The Hall–Kier alpha value is -0.940. The van der Waals surface area contributed by atoms with Crippen molar-refractivity contribution in [3.8, 4) is 0 Å². The van der Waals surface area contributed by atoms with Gasteiger partial charge in [0.05, 0.1) is 5.69 Å². The Morgan fingerprint density at radius 1 is 1.25 bits per heavy atom. The van der Waals surface area contributed by atoms with Gasteiger partial charge in [-0.25, -0.2) is 0 Å². The maximum absolute atomic E-state index is 12.3. The average Bonchev–Trinajstić information content (AvgIpc) is 2.69. The lowest BCUT2D eigenvalue weighted by Crippen LogP contribution is -2.22. The van der Waals surface area contributed by atoms with Gasteiger partial charge in [0.2, 0.25) is 5.91 Å². The van der Waals surface area contributed by atoms with Gasteiger partial charge in [-0.1, -0.05) is 37.9 Å². The molecule has 20 heavy (non-hydrogen) atoms. The zero-order valence-corrected chi connectivity index (χ0v) is 13.7. The SMILES string of the molecule is NC(=S)c1ccc(NC(=O)C2CCCCCC2)c(Br)c1. The number of rotatable bonds is 3. The summed E-state index contributed by atoms with van der Waals surface area (Å²) in [4.78, 5) is 12.7. The van der Waals surface area contributed by atoms with E-state index in [1.165, 1.54) is 12.8 Å². The summed E-state index contributed by atoms with van der Waals surface area (Å²) in [6.45, 7) is 0. The van der Waals surface area contributed by atoms with E-state index in [-0.39, 0.29) is 11.8 Å². The predicted molar refractivity (Wildman–Crippen MR) is 89.9 cm³/mol. The molecule has 3 N–H and O–H groups in total. The van der Waals surface area contributed by atoms with Crippen LogP contribution in [0.15, 0.2) is 22.7 Å². The zero-order valence-electron chi connectivity index (χ0n) is 11.3. The second-order valence-corrected chi connectivity index (χ2v) is 6.53. The second-order valence-electron chi connectivity index (χ2n) is 5.24. The number of hydrogen-bond donors (Lipinski definition) is 2. The number of thiocarbonyl (C=S) groups is 1. The highest BCUT2D eigenvalue weighted by Crippen LogP contribution is 2.27. The summed E-state index contributed by atoms with van der Waals surface area (Å²) in [5, 5.41) is 3.00. The van der Waals surface area contributed by atoms with Gasteiger partial charge in [-0.15, -0.1) is 0 Å². The summed E-state index contributed by atoms with van der Waals surface area (Å²) >= 11 is 8.39. The van der Waals surface area contributed by atoms with Gasteiger partial charge in [0.25, 0.3) is 0 Å². The maximum Gasteiger partial charge on any atom is 0.227 e. The van der Waals surface area contributed by atoms with Crippen LogP contribution in [-0.4, -0.2) is 10.9 Å². The van der Waals surface area contributed by atoms with Gasteiger partial charge in [0.1, 0.15) is 4.99 Å². The molecule has 0 saturated heterocycles. The summed E-state index contributed by atoms with van der Waals surface area (Å²) in [5.74, 6) is 0.260. The Kier molecular flexibility index (Phi) is 5.54. The monoisotopic (exact) mass is 354 g/mol. The van der Waals surface area contributed by atoms with Gasteiger partial charge in [0, 0.05) is 16.0 Å². The van der Waals surface area contributed by atoms with Crippen molar-refractivity contribution in [3.63, 3.8) is 0 Å². The minimum atomic E-state index is 0.121. The van der Waals surface area contributed by atoms with Crippen molar-refractivity contribution in [2.45, 2.75) is 38.5 Å². The van der Waals surface area contributed by atoms with Gasteiger partial charge < -0.3 is 11.1 Å². The molecule has 1 fully saturated rings. The molecule has 5 heteroatoms. The molecule has 1 aromatic rings. The summed E-state index contributed by atoms with van der Waals surface area (Å²) in [7, 11) is 0. The molecule has 1 amide bonds. The van der Waals surface area contributed by atoms with Crippen LogP contribution in [0.5, 0.6) is 0 Å². The molecule has 3 nitrogen and oxygen atoms in total. The second kappa shape index (κ2) is 7.18. The standard InChI is InChI=1S/C15H19BrN2OS/c16-12-9-11(14(17)20)7-8-13(12)18-15(19)10-5-3-1-2-4-6-10/h7-10H,1-6H2,(H2,17,20)(H,18,19). The van der Waals surface area contributed by atoms with Crippen LogP contribution in [-0.2, 0) is 4.79 Å². The van der Waals surface area contributed by atoms with Crippen molar-refractivity contribution in [2.75, 3.05) is 5.32 Å². The third-order valence-electron chi connectivity index (χ3n) is 3.74. The van der Waals surface area contributed by atoms with E-state index in [4.69, 9.17) is 18.0 Å². The average molecular weight is 355 g/mol. The molecular formula is C15H19BrN2OS. The lowest BCUT2D eigenvalue weighted by molar-refractivity contribution is -0.120. The lowest BCUT2D eigenvalue weighted by Gasteiger charge is -2.15. The van der Waals surface area contributed by atoms with Crippen LogP contribution in [0, 0.1) is 5.92 Å². The van der Waals surface area contributed by atoms with Gasteiger partial charge in [-0.05, 0) is 47.0 Å². The van der Waals surface area contributed by atoms with E-state index in [2.05, 4.69) is 21.2 Å². The number of nitrogens with two attached hydrogens (primary N) is 1. The molecule has 1 aliphatic carbocycles. The van der Waals surface area contributed by atoms with Gasteiger partial charge in [-0.3, -0.25) is 4.79 Å². The van der Waals surface area contributed by atoms with Crippen LogP contribution in [0.1, 0.15) is 44.1 Å². The van der Waals surface area contributed by atoms with Crippen LogP contribution in [0.25, 0.3) is 0 Å². The molecule has 0 aromatic heterocycles. The van der Waals surface area contributed by atoms with Crippen molar-refractivity contribution in [1.82, 2.24) is 0 Å². The van der Waals surface area contributed by atoms with Crippen LogP contribution in [0.2, 0.25) is 0 Å². The number of halogens is 1. The van der Waals surface area contributed by atoms with E-state index in [9.17, 15) is 4.79 Å². The first-order chi connectivity index (χ1) is 9.58. The Morgan fingerprint density at radius 3 is 2.45 bits per heavy atom. The number of carbonyl (C=O) groups excluding carboxylic acids is 1. The first-order valence-electron chi connectivity index (χ1n) is 6.98. The van der Waals surface area contributed by atoms with Gasteiger partial charge in [0.15, 0.2) is 0 Å². The molecule has 0 atom stereocenters. The van der Waals surface area contributed by atoms with Crippen LogP contribution in [0.3, 0.4) is 0 Å². The number of benzene rings is 1. The molecule has 0 unspecified atom stereocenters. The van der Waals surface area contributed by atoms with Crippen molar-refractivity contribution in [1.29, 1.82) is 0 Å². The molecule has 0 aliphatic heterocycles. The van der Waals surface area contributed by atoms with E-state index in [1.54, 1.807) is 0 Å². The highest BCUT2D eigenvalue weighted by Gasteiger charge is 2.20. The molecule has 0 radical (unpaired) electrons. The largest absolute Gasteiger partial charge is 0.389 e. The smallest absolute Gasteiger partial charge is 0.227 e. The number of amides is 1. The Balaban J connectivity index is 2.05. The Labute approximate surface area is 133 Å². The van der Waals surface area contributed by atoms with Crippen LogP contribution >= 0.6 is 28.1 Å². The number of anilines is 1. The van der Waals surface area contributed by atoms with E-state index in [0.29, 0.717) is 4.99 Å². The molecule has 1 aromatic carbocycles. The lowest BCUT2D eigenvalue weighted by atomic mass is 9.99. The maximum atomic E-state index is 12.3. The molecule has 1 saturated carbocycles. The number of carbonyl (C=O) groups is 1. The summed E-state index contributed by atoms with van der Waals surface area (Å²) in [6.07, 6.45) is 6.79. The predicted octanol–water partition coefficient (Wildman–Crippen LogP) is 3.99. The minimum Gasteiger partial charge on any atom is -0.389 e. The fraction of sp³-hybridized carbons (Fsp3) is 0.467. The molecule has 1 aliphatic rings. The van der Waals surface area contributed by atoms with Crippen molar-refractivity contribution >= 4 is 44.7 Å². The van der Waals surface area contributed by atoms with E-state index >= 15 is 0 Å². The summed E-state index contributed by atoms with van der Waals surface area (Å²) in [6, 6.07) is 5.51. The minimum absolute atomic E-state index is 0.121. The number of hydrogen-bond acceptors (Lipinski definition) is 2. The van der Waals surface area contributed by atoms with E-state index in [0.717, 1.165) is 41.4 Å². The molecule has 0 heterocycles. The fourth-order valence-electron chi connectivity index (χ4n) is 2.55. The quantitative estimate of drug-likeness (QED) is 0.637. The Bertz CT molecular complexity index is 511. The van der Waals surface area contributed by atoms with Gasteiger partial charge in [-0.2, -0.15) is 0 Å². The Morgan fingerprint density at radius 2 is 1.90 bits per heavy atom. The molecular weight excluding hydrogens is 336 g/mol. The number of nitrogens with one attached hydrogen (secondary N) is 1. The summed E-state index contributed by atoms with van der Waals surface area (Å²) < 4.78 is 0.810.